The Bertz CT molecular complexity index is 133. The molecule has 0 bridgehead atoms. The normalized spacial score (nSPS) is 30.9. The summed E-state index contributed by atoms with van der Waals surface area (Å²) in [6, 6.07) is 0. The highest BCUT2D eigenvalue weighted by atomic mass is 14.4. The lowest BCUT2D eigenvalue weighted by molar-refractivity contribution is 0.708. The molecule has 0 radical (unpaired) electrons. The molecule has 0 heterocycles. The highest BCUT2D eigenvalue weighted by Gasteiger charge is 2.32. The van der Waals surface area contributed by atoms with Crippen molar-refractivity contribution in [2.24, 2.45) is 11.8 Å². The van der Waals surface area contributed by atoms with E-state index >= 15 is 0 Å². The molecule has 10 heavy (non-hydrogen) atoms. The van der Waals surface area contributed by atoms with E-state index in [-0.39, 0.29) is 0 Å². The van der Waals surface area contributed by atoms with Gasteiger partial charge in [0.1, 0.15) is 0 Å². The average molecular weight is 136 g/mol. The van der Waals surface area contributed by atoms with Crippen LogP contribution in [0, 0.1) is 11.8 Å². The third-order valence-corrected chi connectivity index (χ3v) is 2.16. The molecule has 0 amide bonds. The predicted octanol–water partition coefficient (Wildman–Crippen LogP) is 3.16. The van der Waals surface area contributed by atoms with Gasteiger partial charge >= 0.3 is 0 Å². The molecule has 1 aliphatic rings. The van der Waals surface area contributed by atoms with Crippen LogP contribution >= 0.6 is 0 Å². The van der Waals surface area contributed by atoms with Crippen molar-refractivity contribution < 1.29 is 0 Å². The van der Waals surface area contributed by atoms with Crippen molar-refractivity contribution >= 4 is 0 Å². The molecular weight excluding hydrogens is 120 g/mol. The van der Waals surface area contributed by atoms with Crippen LogP contribution in [0.4, 0.5) is 0 Å². The van der Waals surface area contributed by atoms with E-state index in [0.29, 0.717) is 0 Å². The van der Waals surface area contributed by atoms with Crippen LogP contribution in [-0.2, 0) is 0 Å². The molecule has 0 aromatic carbocycles. The van der Waals surface area contributed by atoms with Crippen molar-refractivity contribution in [1.29, 1.82) is 0 Å². The van der Waals surface area contributed by atoms with Gasteiger partial charge in [-0.15, -0.1) is 6.58 Å². The van der Waals surface area contributed by atoms with E-state index in [1.165, 1.54) is 19.3 Å². The Morgan fingerprint density at radius 1 is 1.60 bits per heavy atom. The molecule has 1 fully saturated rings. The minimum absolute atomic E-state index is 0.907. The third kappa shape index (κ3) is 2.02. The lowest BCUT2D eigenvalue weighted by Gasteiger charge is -1.89. The molecule has 0 spiro atoms. The van der Waals surface area contributed by atoms with E-state index in [0.717, 1.165) is 11.8 Å². The molecule has 0 nitrogen and oxygen atoms in total. The zero-order valence-corrected chi connectivity index (χ0v) is 6.72. The minimum Gasteiger partial charge on any atom is -0.103 e. The van der Waals surface area contributed by atoms with Gasteiger partial charge in [-0.1, -0.05) is 18.2 Å². The quantitative estimate of drug-likeness (QED) is 0.521. The lowest BCUT2D eigenvalue weighted by atomic mass is 10.2. The number of hydrogen-bond acceptors (Lipinski definition) is 0. The van der Waals surface area contributed by atoms with Crippen LogP contribution in [0.2, 0.25) is 0 Å². The van der Waals surface area contributed by atoms with E-state index in [1.54, 1.807) is 0 Å². The molecule has 1 saturated carbocycles. The van der Waals surface area contributed by atoms with E-state index in [1.807, 2.05) is 6.08 Å². The Morgan fingerprint density at radius 2 is 2.40 bits per heavy atom. The van der Waals surface area contributed by atoms with E-state index < -0.39 is 0 Å². The largest absolute Gasteiger partial charge is 0.103 e. The van der Waals surface area contributed by atoms with Gasteiger partial charge in [-0.2, -0.15) is 0 Å². The standard InChI is InChI=1S/C10H16/c1-3-5-7-10-8-9(10)6-4-2/h3-4,6,9-10H,1,5,7-8H2,2H3/b6-4+/t9-,10-/m0/s1. The van der Waals surface area contributed by atoms with Gasteiger partial charge in [0.25, 0.3) is 0 Å². The highest BCUT2D eigenvalue weighted by Crippen LogP contribution is 2.42. The molecule has 0 aromatic heterocycles. The fraction of sp³-hybridized carbons (Fsp3) is 0.600. The van der Waals surface area contributed by atoms with Gasteiger partial charge in [-0.05, 0) is 38.0 Å². The Morgan fingerprint density at radius 3 is 3.00 bits per heavy atom. The predicted molar refractivity (Wildman–Crippen MR) is 45.8 cm³/mol. The molecule has 56 valence electrons. The Balaban J connectivity index is 2.07. The van der Waals surface area contributed by atoms with Crippen LogP contribution in [0.5, 0.6) is 0 Å². The van der Waals surface area contributed by atoms with Crippen molar-refractivity contribution in [2.75, 3.05) is 0 Å². The van der Waals surface area contributed by atoms with E-state index in [9.17, 15) is 0 Å². The first kappa shape index (κ1) is 7.59. The van der Waals surface area contributed by atoms with Crippen molar-refractivity contribution in [3.05, 3.63) is 24.8 Å². The second kappa shape index (κ2) is 3.60. The van der Waals surface area contributed by atoms with Crippen molar-refractivity contribution in [3.8, 4) is 0 Å². The van der Waals surface area contributed by atoms with Gasteiger partial charge in [-0.3, -0.25) is 0 Å². The van der Waals surface area contributed by atoms with Gasteiger partial charge in [0.15, 0.2) is 0 Å². The maximum absolute atomic E-state index is 3.71. The molecule has 0 saturated heterocycles. The molecule has 2 atom stereocenters. The SMILES string of the molecule is C=CCC[C@H]1C[C@@H]1/C=C/C. The second-order valence-corrected chi connectivity index (χ2v) is 3.05. The summed E-state index contributed by atoms with van der Waals surface area (Å²) in [5.41, 5.74) is 0. The number of rotatable bonds is 4. The summed E-state index contributed by atoms with van der Waals surface area (Å²) in [5.74, 6) is 1.89. The van der Waals surface area contributed by atoms with Crippen molar-refractivity contribution in [1.82, 2.24) is 0 Å². The number of hydrogen-bond donors (Lipinski definition) is 0. The molecule has 0 aromatic rings. The van der Waals surface area contributed by atoms with Gasteiger partial charge in [-0.25, -0.2) is 0 Å². The van der Waals surface area contributed by atoms with Crippen LogP contribution in [-0.4, -0.2) is 0 Å². The summed E-state index contributed by atoms with van der Waals surface area (Å²) in [6.07, 6.45) is 10.5. The van der Waals surface area contributed by atoms with Crippen LogP contribution in [0.3, 0.4) is 0 Å². The number of allylic oxidation sites excluding steroid dienone is 3. The monoisotopic (exact) mass is 136 g/mol. The van der Waals surface area contributed by atoms with Crippen LogP contribution < -0.4 is 0 Å². The lowest BCUT2D eigenvalue weighted by Crippen LogP contribution is -1.77. The van der Waals surface area contributed by atoms with Crippen molar-refractivity contribution in [2.45, 2.75) is 26.2 Å². The molecule has 0 aliphatic heterocycles. The fourth-order valence-electron chi connectivity index (χ4n) is 1.42. The summed E-state index contributed by atoms with van der Waals surface area (Å²) < 4.78 is 0. The molecule has 0 N–H and O–H groups in total. The summed E-state index contributed by atoms with van der Waals surface area (Å²) >= 11 is 0. The zero-order chi connectivity index (χ0) is 7.40. The van der Waals surface area contributed by atoms with Crippen molar-refractivity contribution in [3.63, 3.8) is 0 Å². The summed E-state index contributed by atoms with van der Waals surface area (Å²) in [5, 5.41) is 0. The van der Waals surface area contributed by atoms with Gasteiger partial charge in [0.05, 0.1) is 0 Å². The third-order valence-electron chi connectivity index (χ3n) is 2.16. The van der Waals surface area contributed by atoms with Crippen LogP contribution in [0.15, 0.2) is 24.8 Å². The zero-order valence-electron chi connectivity index (χ0n) is 6.72. The highest BCUT2D eigenvalue weighted by molar-refractivity contribution is 5.01. The average Bonchev–Trinajstić information content (AvgIpc) is 2.65. The van der Waals surface area contributed by atoms with Gasteiger partial charge in [0, 0.05) is 0 Å². The minimum atomic E-state index is 0.907. The topological polar surface area (TPSA) is 0 Å². The first-order valence-electron chi connectivity index (χ1n) is 4.12. The first-order chi connectivity index (χ1) is 4.88. The van der Waals surface area contributed by atoms with Crippen LogP contribution in [0.1, 0.15) is 26.2 Å². The smallest absolute Gasteiger partial charge is 0.0202 e. The van der Waals surface area contributed by atoms with Gasteiger partial charge < -0.3 is 0 Å². The molecule has 1 rings (SSSR count). The van der Waals surface area contributed by atoms with Crippen LogP contribution in [0.25, 0.3) is 0 Å². The maximum atomic E-state index is 3.71. The Labute approximate surface area is 63.6 Å². The Kier molecular flexibility index (Phi) is 2.73. The fourth-order valence-corrected chi connectivity index (χ4v) is 1.42. The molecular formula is C10H16. The Hall–Kier alpha value is -0.520. The van der Waals surface area contributed by atoms with E-state index in [2.05, 4.69) is 25.7 Å². The summed E-state index contributed by atoms with van der Waals surface area (Å²) in [4.78, 5) is 0. The second-order valence-electron chi connectivity index (χ2n) is 3.05. The molecule has 0 unspecified atom stereocenters. The summed E-state index contributed by atoms with van der Waals surface area (Å²) in [7, 11) is 0. The maximum Gasteiger partial charge on any atom is -0.0202 e. The first-order valence-corrected chi connectivity index (χ1v) is 4.12. The molecule has 1 aliphatic carbocycles. The van der Waals surface area contributed by atoms with E-state index in [4.69, 9.17) is 0 Å². The van der Waals surface area contributed by atoms with Gasteiger partial charge in [0.2, 0.25) is 0 Å². The molecule has 0 heteroatoms. The summed E-state index contributed by atoms with van der Waals surface area (Å²) in [6.45, 7) is 5.81.